The van der Waals surface area contributed by atoms with Crippen LogP contribution in [0, 0.1) is 10.8 Å². The molecule has 1 saturated heterocycles. The molecule has 158 valence electrons. The molecule has 1 atom stereocenters. The van der Waals surface area contributed by atoms with Crippen LogP contribution < -0.4 is 10.2 Å². The quantitative estimate of drug-likeness (QED) is 0.336. The maximum atomic E-state index is 13.2. The zero-order valence-electron chi connectivity index (χ0n) is 16.9. The Morgan fingerprint density at radius 2 is 2.00 bits per heavy atom. The Morgan fingerprint density at radius 1 is 1.38 bits per heavy atom. The number of halogens is 1. The zero-order valence-corrected chi connectivity index (χ0v) is 18.7. The van der Waals surface area contributed by atoms with Crippen LogP contribution in [0.15, 0.2) is 36.1 Å². The van der Waals surface area contributed by atoms with Crippen LogP contribution in [0.2, 0.25) is 0 Å². The molecular weight excluding hydrogens is 409 g/mol. The Kier molecular flexibility index (Phi) is 8.54. The normalized spacial score (nSPS) is 15.4. The first-order chi connectivity index (χ1) is 13.8. The van der Waals surface area contributed by atoms with E-state index in [0.717, 1.165) is 54.0 Å². The van der Waals surface area contributed by atoms with Crippen LogP contribution >= 0.6 is 24.4 Å². The van der Waals surface area contributed by atoms with E-state index in [1.165, 1.54) is 6.92 Å². The highest BCUT2D eigenvalue weighted by Crippen LogP contribution is 2.28. The number of aromatic nitrogens is 2. The third kappa shape index (κ3) is 5.97. The molecule has 10 heteroatoms. The second-order valence-electron chi connectivity index (χ2n) is 6.62. The van der Waals surface area contributed by atoms with Gasteiger partial charge in [0.2, 0.25) is 0 Å². The first-order valence-corrected chi connectivity index (χ1v) is 10.5. The molecule has 1 fully saturated rings. The molecule has 0 saturated carbocycles. The molecule has 0 bridgehead atoms. The van der Waals surface area contributed by atoms with Crippen molar-refractivity contribution in [2.75, 3.05) is 45.2 Å². The molecule has 2 aromatic heterocycles. The van der Waals surface area contributed by atoms with Crippen molar-refractivity contribution in [1.29, 1.82) is 10.8 Å². The van der Waals surface area contributed by atoms with Gasteiger partial charge in [-0.25, -0.2) is 9.37 Å². The number of fused-ring (bicyclic) bond motifs is 1. The summed E-state index contributed by atoms with van der Waals surface area (Å²) in [6.45, 7) is 8.47. The van der Waals surface area contributed by atoms with Gasteiger partial charge in [-0.15, -0.1) is 12.6 Å². The lowest BCUT2D eigenvalue weighted by Crippen LogP contribution is -2.44. The summed E-state index contributed by atoms with van der Waals surface area (Å²) in [4.78, 5) is 9.70. The van der Waals surface area contributed by atoms with Gasteiger partial charge in [-0.3, -0.25) is 15.2 Å². The molecule has 1 aliphatic rings. The second-order valence-corrected chi connectivity index (χ2v) is 8.18. The number of likely N-dealkylation sites (N-methyl/N-ethyl adjacent to an activating group) is 1. The third-order valence-corrected chi connectivity index (χ3v) is 5.61. The largest absolute Gasteiger partial charge is 0.394 e. The van der Waals surface area contributed by atoms with E-state index in [1.807, 2.05) is 17.5 Å². The number of alkyl halides is 1. The van der Waals surface area contributed by atoms with Gasteiger partial charge in [0.15, 0.2) is 5.82 Å². The van der Waals surface area contributed by atoms with Crippen molar-refractivity contribution in [3.63, 3.8) is 0 Å². The SMILES string of the molecule is C=CNC.CC(F)C(=N)SC(=N)c1ncc2c(N3CCN(C)CC3)cc(S)cn12. The smallest absolute Gasteiger partial charge is 0.169 e. The Hall–Kier alpha value is -2.04. The van der Waals surface area contributed by atoms with Crippen molar-refractivity contribution < 1.29 is 4.39 Å². The minimum absolute atomic E-state index is 0.0535. The van der Waals surface area contributed by atoms with Gasteiger partial charge in [0, 0.05) is 44.3 Å². The van der Waals surface area contributed by atoms with Crippen LogP contribution in [0.25, 0.3) is 5.52 Å². The van der Waals surface area contributed by atoms with Gasteiger partial charge in [-0.2, -0.15) is 0 Å². The number of thioether (sulfide) groups is 1. The lowest BCUT2D eigenvalue weighted by atomic mass is 10.2. The number of rotatable bonds is 4. The predicted octanol–water partition coefficient (Wildman–Crippen LogP) is 3.12. The molecule has 0 spiro atoms. The van der Waals surface area contributed by atoms with Crippen LogP contribution in [0.3, 0.4) is 0 Å². The number of nitrogens with one attached hydrogen (secondary N) is 3. The lowest BCUT2D eigenvalue weighted by molar-refractivity contribution is 0.313. The third-order valence-electron chi connectivity index (χ3n) is 4.43. The summed E-state index contributed by atoms with van der Waals surface area (Å²) < 4.78 is 15.0. The molecular formula is C19H28FN7S2. The van der Waals surface area contributed by atoms with Crippen molar-refractivity contribution in [3.05, 3.63) is 37.1 Å². The molecule has 29 heavy (non-hydrogen) atoms. The van der Waals surface area contributed by atoms with E-state index >= 15 is 0 Å². The van der Waals surface area contributed by atoms with Gasteiger partial charge in [0.25, 0.3) is 0 Å². The highest BCUT2D eigenvalue weighted by molar-refractivity contribution is 8.26. The van der Waals surface area contributed by atoms with Crippen molar-refractivity contribution in [2.45, 2.75) is 18.0 Å². The summed E-state index contributed by atoms with van der Waals surface area (Å²) in [5, 5.41) is 18.4. The van der Waals surface area contributed by atoms with E-state index in [4.69, 9.17) is 10.8 Å². The number of hydrogen-bond donors (Lipinski definition) is 4. The topological polar surface area (TPSA) is 83.5 Å². The molecule has 3 N–H and O–H groups in total. The van der Waals surface area contributed by atoms with Gasteiger partial charge < -0.3 is 15.1 Å². The summed E-state index contributed by atoms with van der Waals surface area (Å²) >= 11 is 5.29. The molecule has 3 heterocycles. The highest BCUT2D eigenvalue weighted by atomic mass is 32.2. The zero-order chi connectivity index (χ0) is 21.6. The fourth-order valence-corrected chi connectivity index (χ4v) is 3.63. The Morgan fingerprint density at radius 3 is 2.55 bits per heavy atom. The molecule has 7 nitrogen and oxygen atoms in total. The molecule has 1 aliphatic heterocycles. The van der Waals surface area contributed by atoms with Gasteiger partial charge in [0.1, 0.15) is 16.3 Å². The van der Waals surface area contributed by atoms with E-state index in [-0.39, 0.29) is 10.1 Å². The average Bonchev–Trinajstić information content (AvgIpc) is 3.11. The molecule has 1 unspecified atom stereocenters. The Bertz CT molecular complexity index is 873. The number of nitrogens with zero attached hydrogens (tertiary/aromatic N) is 4. The van der Waals surface area contributed by atoms with Crippen molar-refractivity contribution in [3.8, 4) is 0 Å². The van der Waals surface area contributed by atoms with E-state index in [0.29, 0.717) is 5.82 Å². The number of anilines is 1. The van der Waals surface area contributed by atoms with E-state index in [9.17, 15) is 4.39 Å². The first kappa shape index (κ1) is 23.2. The maximum Gasteiger partial charge on any atom is 0.169 e. The van der Waals surface area contributed by atoms with Crippen LogP contribution in [-0.4, -0.2) is 70.8 Å². The number of hydrogen-bond acceptors (Lipinski definition) is 8. The molecule has 3 rings (SSSR count). The lowest BCUT2D eigenvalue weighted by Gasteiger charge is -2.34. The van der Waals surface area contributed by atoms with Crippen molar-refractivity contribution in [2.24, 2.45) is 0 Å². The minimum Gasteiger partial charge on any atom is -0.394 e. The summed E-state index contributed by atoms with van der Waals surface area (Å²) in [5.41, 5.74) is 1.92. The maximum absolute atomic E-state index is 13.2. The summed E-state index contributed by atoms with van der Waals surface area (Å²) in [7, 11) is 3.92. The number of thiol groups is 1. The molecule has 0 aromatic carbocycles. The van der Waals surface area contributed by atoms with Gasteiger partial charge in [0.05, 0.1) is 17.4 Å². The summed E-state index contributed by atoms with van der Waals surface area (Å²) in [5.74, 6) is 0.400. The minimum atomic E-state index is -1.39. The second kappa shape index (κ2) is 10.7. The summed E-state index contributed by atoms with van der Waals surface area (Å²) in [6.07, 6.45) is 3.77. The summed E-state index contributed by atoms with van der Waals surface area (Å²) in [6, 6.07) is 2.01. The molecule has 0 radical (unpaired) electrons. The van der Waals surface area contributed by atoms with Gasteiger partial charge >= 0.3 is 0 Å². The highest BCUT2D eigenvalue weighted by Gasteiger charge is 2.21. The fourth-order valence-electron chi connectivity index (χ4n) is 2.77. The predicted molar refractivity (Wildman–Crippen MR) is 124 cm³/mol. The molecule has 0 amide bonds. The monoisotopic (exact) mass is 437 g/mol. The van der Waals surface area contributed by atoms with E-state index in [1.54, 1.807) is 18.6 Å². The average molecular weight is 438 g/mol. The molecule has 0 aliphatic carbocycles. The fraction of sp³-hybridized carbons (Fsp3) is 0.421. The Balaban J connectivity index is 0.000000687. The van der Waals surface area contributed by atoms with Gasteiger partial charge in [-0.1, -0.05) is 6.58 Å². The number of piperazine rings is 1. The van der Waals surface area contributed by atoms with Crippen molar-refractivity contribution in [1.82, 2.24) is 19.6 Å². The molecule has 2 aromatic rings. The van der Waals surface area contributed by atoms with E-state index in [2.05, 4.69) is 46.4 Å². The van der Waals surface area contributed by atoms with E-state index < -0.39 is 6.17 Å². The number of imidazole rings is 1. The van der Waals surface area contributed by atoms with Crippen LogP contribution in [0.5, 0.6) is 0 Å². The Labute approximate surface area is 180 Å². The first-order valence-electron chi connectivity index (χ1n) is 9.19. The van der Waals surface area contributed by atoms with Gasteiger partial charge in [-0.05, 0) is 38.0 Å². The van der Waals surface area contributed by atoms with Crippen LogP contribution in [-0.2, 0) is 0 Å². The van der Waals surface area contributed by atoms with Crippen LogP contribution in [0.1, 0.15) is 12.7 Å². The number of pyridine rings is 1. The van der Waals surface area contributed by atoms with Crippen LogP contribution in [0.4, 0.5) is 10.1 Å². The van der Waals surface area contributed by atoms with Crippen molar-refractivity contribution >= 4 is 45.7 Å². The standard InChI is InChI=1S/C16H21FN6S2.C3H7N/c1-10(17)14(18)25-15(19)16-20-8-13-12(7-11(24)9-23(13)16)22-5-3-21(2)4-6-22;1-3-4-2/h7-10,18-19,24H,3-6H2,1-2H3;3-4H,1H2,2H3.